The highest BCUT2D eigenvalue weighted by atomic mass is 35.5. The van der Waals surface area contributed by atoms with Gasteiger partial charge in [-0.3, -0.25) is 9.59 Å². The Balaban J connectivity index is 1.52. The van der Waals surface area contributed by atoms with Crippen LogP contribution < -0.4 is 4.74 Å². The highest BCUT2D eigenvalue weighted by molar-refractivity contribution is 7.10. The van der Waals surface area contributed by atoms with Gasteiger partial charge in [0.2, 0.25) is 5.91 Å². The highest BCUT2D eigenvalue weighted by Gasteiger charge is 2.34. The van der Waals surface area contributed by atoms with E-state index >= 15 is 0 Å². The Morgan fingerprint density at radius 1 is 1.15 bits per heavy atom. The zero-order valence-electron chi connectivity index (χ0n) is 19.0. The Kier molecular flexibility index (Phi) is 7.54. The van der Waals surface area contributed by atoms with E-state index in [-0.39, 0.29) is 30.4 Å². The quantitative estimate of drug-likeness (QED) is 0.424. The van der Waals surface area contributed by atoms with Crippen LogP contribution in [0.1, 0.15) is 40.7 Å². The predicted octanol–water partition coefficient (Wildman–Crippen LogP) is 5.60. The van der Waals surface area contributed by atoms with Crippen molar-refractivity contribution in [2.45, 2.75) is 32.4 Å². The third-order valence-electron chi connectivity index (χ3n) is 5.92. The number of hydrogen-bond acceptors (Lipinski definition) is 4. The van der Waals surface area contributed by atoms with Crippen LogP contribution in [0.4, 0.5) is 4.39 Å². The first kappa shape index (κ1) is 24.2. The molecule has 3 aromatic rings. The summed E-state index contributed by atoms with van der Waals surface area (Å²) < 4.78 is 19.3. The Hall–Kier alpha value is -2.90. The number of carbonyl (C=O) groups is 2. The van der Waals surface area contributed by atoms with Crippen molar-refractivity contribution >= 4 is 34.8 Å². The van der Waals surface area contributed by atoms with E-state index in [1.807, 2.05) is 25.3 Å². The van der Waals surface area contributed by atoms with Crippen LogP contribution in [0.2, 0.25) is 5.02 Å². The van der Waals surface area contributed by atoms with Gasteiger partial charge in [0.05, 0.1) is 6.04 Å². The fourth-order valence-corrected chi connectivity index (χ4v) is 5.12. The Labute approximate surface area is 207 Å². The van der Waals surface area contributed by atoms with Crippen molar-refractivity contribution in [3.63, 3.8) is 0 Å². The van der Waals surface area contributed by atoms with Gasteiger partial charge in [-0.2, -0.15) is 0 Å². The SMILES string of the molecule is CC(C)N(CC(=O)N1CCc2sccc2C1COc1ccc(Cl)cc1)C(=O)c1ccc(F)cc1. The number of amides is 2. The first-order valence-electron chi connectivity index (χ1n) is 11.1. The molecule has 34 heavy (non-hydrogen) atoms. The van der Waals surface area contributed by atoms with Gasteiger partial charge in [-0.05, 0) is 85.8 Å². The molecule has 0 N–H and O–H groups in total. The van der Waals surface area contributed by atoms with E-state index in [4.69, 9.17) is 16.3 Å². The number of rotatable bonds is 7. The van der Waals surface area contributed by atoms with Gasteiger partial charge in [0.15, 0.2) is 0 Å². The summed E-state index contributed by atoms with van der Waals surface area (Å²) >= 11 is 7.65. The first-order chi connectivity index (χ1) is 16.3. The van der Waals surface area contributed by atoms with E-state index in [1.165, 1.54) is 34.0 Å². The summed E-state index contributed by atoms with van der Waals surface area (Å²) in [6.07, 6.45) is 0.768. The third-order valence-corrected chi connectivity index (χ3v) is 7.17. The van der Waals surface area contributed by atoms with E-state index in [9.17, 15) is 14.0 Å². The van der Waals surface area contributed by atoms with E-state index in [1.54, 1.807) is 40.5 Å². The standard InChI is InChI=1S/C26H26ClFN2O3S/c1-17(2)30(26(32)18-3-7-20(28)8-4-18)15-25(31)29-13-11-24-22(12-14-34-24)23(29)16-33-21-9-5-19(27)6-10-21/h3-10,12,14,17,23H,11,13,15-16H2,1-2H3. The Morgan fingerprint density at radius 3 is 2.53 bits per heavy atom. The molecule has 2 heterocycles. The average molecular weight is 501 g/mol. The summed E-state index contributed by atoms with van der Waals surface area (Å²) in [5.74, 6) is -0.183. The van der Waals surface area contributed by atoms with Crippen LogP contribution in [-0.2, 0) is 11.2 Å². The van der Waals surface area contributed by atoms with Crippen LogP contribution in [0.5, 0.6) is 5.75 Å². The lowest BCUT2D eigenvalue weighted by atomic mass is 10.00. The lowest BCUT2D eigenvalue weighted by molar-refractivity contribution is -0.136. The molecule has 8 heteroatoms. The molecule has 0 aliphatic carbocycles. The number of nitrogens with zero attached hydrogens (tertiary/aromatic N) is 2. The molecule has 0 spiro atoms. The highest BCUT2D eigenvalue weighted by Crippen LogP contribution is 2.34. The van der Waals surface area contributed by atoms with Crippen LogP contribution >= 0.6 is 22.9 Å². The van der Waals surface area contributed by atoms with Crippen LogP contribution in [0.15, 0.2) is 60.0 Å². The summed E-state index contributed by atoms with van der Waals surface area (Å²) in [4.78, 5) is 31.2. The predicted molar refractivity (Wildman–Crippen MR) is 132 cm³/mol. The number of hydrogen-bond donors (Lipinski definition) is 0. The molecule has 4 rings (SSSR count). The molecule has 0 saturated heterocycles. The second kappa shape index (κ2) is 10.6. The van der Waals surface area contributed by atoms with Crippen molar-refractivity contribution in [1.29, 1.82) is 0 Å². The molecular formula is C26H26ClFN2O3S. The fourth-order valence-electron chi connectivity index (χ4n) is 4.06. The minimum Gasteiger partial charge on any atom is -0.491 e. The molecule has 0 saturated carbocycles. The number of benzene rings is 2. The number of carbonyl (C=O) groups excluding carboxylic acids is 2. The molecule has 0 radical (unpaired) electrons. The van der Waals surface area contributed by atoms with E-state index in [0.717, 1.165) is 12.0 Å². The largest absolute Gasteiger partial charge is 0.491 e. The van der Waals surface area contributed by atoms with Crippen molar-refractivity contribution in [3.8, 4) is 5.75 Å². The van der Waals surface area contributed by atoms with Crippen LogP contribution in [0, 0.1) is 5.82 Å². The molecule has 2 aromatic carbocycles. The Bertz CT molecular complexity index is 1150. The van der Waals surface area contributed by atoms with Crippen molar-refractivity contribution in [2.24, 2.45) is 0 Å². The minimum absolute atomic E-state index is 0.0647. The van der Waals surface area contributed by atoms with E-state index in [2.05, 4.69) is 0 Å². The summed E-state index contributed by atoms with van der Waals surface area (Å²) in [5, 5.41) is 2.66. The van der Waals surface area contributed by atoms with Crippen LogP contribution in [0.25, 0.3) is 0 Å². The zero-order chi connectivity index (χ0) is 24.2. The van der Waals surface area contributed by atoms with Crippen molar-refractivity contribution in [2.75, 3.05) is 19.7 Å². The van der Waals surface area contributed by atoms with Crippen LogP contribution in [-0.4, -0.2) is 47.4 Å². The molecule has 1 aliphatic heterocycles. The number of halogens is 2. The second-order valence-corrected chi connectivity index (χ2v) is 9.89. The maximum Gasteiger partial charge on any atom is 0.254 e. The summed E-state index contributed by atoms with van der Waals surface area (Å²) in [5.41, 5.74) is 1.43. The summed E-state index contributed by atoms with van der Waals surface area (Å²) in [7, 11) is 0. The normalized spacial score (nSPS) is 15.2. The number of ether oxygens (including phenoxy) is 1. The van der Waals surface area contributed by atoms with Gasteiger partial charge in [0, 0.05) is 28.0 Å². The van der Waals surface area contributed by atoms with Gasteiger partial charge >= 0.3 is 0 Å². The average Bonchev–Trinajstić information content (AvgIpc) is 3.31. The van der Waals surface area contributed by atoms with Gasteiger partial charge in [0.1, 0.15) is 24.7 Å². The third kappa shape index (κ3) is 5.42. The van der Waals surface area contributed by atoms with E-state index in [0.29, 0.717) is 29.5 Å². The first-order valence-corrected chi connectivity index (χ1v) is 12.4. The monoisotopic (exact) mass is 500 g/mol. The molecule has 1 unspecified atom stereocenters. The molecule has 1 aromatic heterocycles. The maximum absolute atomic E-state index is 13.5. The molecule has 1 atom stereocenters. The summed E-state index contributed by atoms with van der Waals surface area (Å²) in [6, 6.07) is 14.1. The Morgan fingerprint density at radius 2 is 1.85 bits per heavy atom. The number of thiophene rings is 1. The van der Waals surface area contributed by atoms with E-state index < -0.39 is 5.82 Å². The lowest BCUT2D eigenvalue weighted by Crippen LogP contribution is -2.49. The van der Waals surface area contributed by atoms with Crippen molar-refractivity contribution in [1.82, 2.24) is 9.80 Å². The van der Waals surface area contributed by atoms with Crippen molar-refractivity contribution in [3.05, 3.63) is 86.8 Å². The topological polar surface area (TPSA) is 49.9 Å². The molecular weight excluding hydrogens is 475 g/mol. The molecule has 5 nitrogen and oxygen atoms in total. The van der Waals surface area contributed by atoms with Gasteiger partial charge in [0.25, 0.3) is 5.91 Å². The molecule has 178 valence electrons. The minimum atomic E-state index is -0.410. The van der Waals surface area contributed by atoms with Crippen LogP contribution in [0.3, 0.4) is 0 Å². The van der Waals surface area contributed by atoms with Crippen molar-refractivity contribution < 1.29 is 18.7 Å². The molecule has 2 amide bonds. The smallest absolute Gasteiger partial charge is 0.254 e. The maximum atomic E-state index is 13.5. The van der Waals surface area contributed by atoms with Gasteiger partial charge in [-0.1, -0.05) is 11.6 Å². The molecule has 0 fully saturated rings. The van der Waals surface area contributed by atoms with Gasteiger partial charge < -0.3 is 14.5 Å². The van der Waals surface area contributed by atoms with Gasteiger partial charge in [-0.25, -0.2) is 4.39 Å². The summed E-state index contributed by atoms with van der Waals surface area (Å²) in [6.45, 7) is 4.51. The lowest BCUT2D eigenvalue weighted by Gasteiger charge is -2.37. The molecule has 1 aliphatic rings. The zero-order valence-corrected chi connectivity index (χ0v) is 20.6. The number of fused-ring (bicyclic) bond motifs is 1. The molecule has 0 bridgehead atoms. The second-order valence-electron chi connectivity index (χ2n) is 8.45. The fraction of sp³-hybridized carbons (Fsp3) is 0.308. The van der Waals surface area contributed by atoms with Gasteiger partial charge in [-0.15, -0.1) is 11.3 Å².